The minimum absolute atomic E-state index is 0.115. The summed E-state index contributed by atoms with van der Waals surface area (Å²) in [5.74, 6) is 1.24. The molecule has 0 aromatic heterocycles. The van der Waals surface area contributed by atoms with E-state index in [1.165, 1.54) is 5.57 Å². The van der Waals surface area contributed by atoms with Crippen molar-refractivity contribution in [1.82, 2.24) is 0 Å². The Kier molecular flexibility index (Phi) is 7.84. The number of aliphatic hydroxyl groups is 1. The van der Waals surface area contributed by atoms with Crippen molar-refractivity contribution in [2.45, 2.75) is 97.7 Å². The van der Waals surface area contributed by atoms with E-state index in [-0.39, 0.29) is 35.4 Å². The molecule has 3 fully saturated rings. The zero-order chi connectivity index (χ0) is 26.5. The molecule has 0 bridgehead atoms. The van der Waals surface area contributed by atoms with Gasteiger partial charge < -0.3 is 14.4 Å². The van der Waals surface area contributed by atoms with Crippen molar-refractivity contribution in [2.24, 2.45) is 40.4 Å². The smallest absolute Gasteiger partial charge is 0.331 e. The largest absolute Gasteiger partial charge is 0.726 e. The van der Waals surface area contributed by atoms with Gasteiger partial charge in [-0.3, -0.25) is 4.18 Å². The zero-order valence-corrected chi connectivity index (χ0v) is 23.0. The number of ether oxygens (including phenoxy) is 1. The molecule has 9 atom stereocenters. The van der Waals surface area contributed by atoms with Crippen LogP contribution in [0.2, 0.25) is 0 Å². The van der Waals surface area contributed by atoms with E-state index in [1.807, 2.05) is 13.0 Å². The molecule has 0 amide bonds. The normalized spacial score (nSPS) is 40.1. The number of esters is 1. The van der Waals surface area contributed by atoms with E-state index in [0.717, 1.165) is 56.9 Å². The van der Waals surface area contributed by atoms with Crippen LogP contribution >= 0.6 is 0 Å². The van der Waals surface area contributed by atoms with Gasteiger partial charge in [-0.05, 0) is 80.5 Å². The van der Waals surface area contributed by atoms with Crippen LogP contribution < -0.4 is 0 Å². The van der Waals surface area contributed by atoms with E-state index in [4.69, 9.17) is 4.74 Å². The molecule has 204 valence electrons. The summed E-state index contributed by atoms with van der Waals surface area (Å²) in [6.07, 6.45) is 9.48. The SMILES string of the molecule is C=C(CC[C@@H](C)[C@H]1CCC2C3=CC(=O)O[C@H]4C[C@H](O)CC[C@]4(C)C3CC[C@@]21C)C(C)COS(=O)(=O)[O-]. The maximum absolute atomic E-state index is 12.8. The van der Waals surface area contributed by atoms with Crippen molar-refractivity contribution in [1.29, 1.82) is 0 Å². The summed E-state index contributed by atoms with van der Waals surface area (Å²) in [7, 11) is -4.69. The number of hydrogen-bond acceptors (Lipinski definition) is 7. The summed E-state index contributed by atoms with van der Waals surface area (Å²) in [5, 5.41) is 10.3. The van der Waals surface area contributed by atoms with Crippen molar-refractivity contribution in [3.05, 3.63) is 23.8 Å². The van der Waals surface area contributed by atoms with Crippen LogP contribution in [0.25, 0.3) is 0 Å². The first kappa shape index (κ1) is 27.8. The predicted molar refractivity (Wildman–Crippen MR) is 135 cm³/mol. The van der Waals surface area contributed by atoms with Gasteiger partial charge in [-0.2, -0.15) is 0 Å². The number of carbonyl (C=O) groups excluding carboxylic acids is 1. The van der Waals surface area contributed by atoms with Gasteiger partial charge in [-0.15, -0.1) is 0 Å². The summed E-state index contributed by atoms with van der Waals surface area (Å²) in [6.45, 7) is 12.8. The van der Waals surface area contributed by atoms with Crippen LogP contribution in [0.5, 0.6) is 0 Å². The number of rotatable bonds is 8. The predicted octanol–water partition coefficient (Wildman–Crippen LogP) is 4.92. The number of fused-ring (bicyclic) bond motifs is 5. The zero-order valence-electron chi connectivity index (χ0n) is 22.2. The molecule has 0 aromatic rings. The lowest BCUT2D eigenvalue weighted by atomic mass is 9.52. The average Bonchev–Trinajstić information content (AvgIpc) is 3.10. The molecule has 0 radical (unpaired) electrons. The molecule has 1 aliphatic heterocycles. The molecule has 36 heavy (non-hydrogen) atoms. The minimum atomic E-state index is -4.69. The van der Waals surface area contributed by atoms with Crippen LogP contribution in [0.1, 0.15) is 85.5 Å². The fourth-order valence-electron chi connectivity index (χ4n) is 8.21. The topological polar surface area (TPSA) is 113 Å². The molecule has 4 rings (SSSR count). The number of carbonyl (C=O) groups is 1. The van der Waals surface area contributed by atoms with E-state index >= 15 is 0 Å². The van der Waals surface area contributed by atoms with E-state index in [0.29, 0.717) is 30.1 Å². The molecule has 7 nitrogen and oxygen atoms in total. The molecule has 3 aliphatic carbocycles. The minimum Gasteiger partial charge on any atom is -0.726 e. The fraction of sp³-hybridized carbons (Fsp3) is 0.821. The summed E-state index contributed by atoms with van der Waals surface area (Å²) in [4.78, 5) is 12.8. The van der Waals surface area contributed by atoms with Crippen molar-refractivity contribution >= 4 is 16.4 Å². The van der Waals surface area contributed by atoms with Crippen LogP contribution in [-0.4, -0.2) is 42.9 Å². The highest BCUT2D eigenvalue weighted by atomic mass is 32.3. The fourth-order valence-corrected chi connectivity index (χ4v) is 8.58. The van der Waals surface area contributed by atoms with Gasteiger partial charge in [0.15, 0.2) is 0 Å². The summed E-state index contributed by atoms with van der Waals surface area (Å²) in [6, 6.07) is 0. The van der Waals surface area contributed by atoms with E-state index in [9.17, 15) is 22.9 Å². The Morgan fingerprint density at radius 2 is 1.86 bits per heavy atom. The molecule has 3 unspecified atom stereocenters. The first-order valence-corrected chi connectivity index (χ1v) is 15.0. The maximum Gasteiger partial charge on any atom is 0.331 e. The van der Waals surface area contributed by atoms with E-state index in [2.05, 4.69) is 31.5 Å². The van der Waals surface area contributed by atoms with E-state index < -0.39 is 16.5 Å². The van der Waals surface area contributed by atoms with Gasteiger partial charge in [-0.25, -0.2) is 13.2 Å². The van der Waals surface area contributed by atoms with Gasteiger partial charge in [0.1, 0.15) is 6.10 Å². The number of allylic oxidation sites excluding steroid dienone is 1. The highest BCUT2D eigenvalue weighted by Crippen LogP contribution is 2.65. The standard InChI is InChI=1S/C28H44O7S/c1-17(19(3)16-34-36(31,32)33)6-7-18(2)22-8-9-23-21-15-26(30)35-25-14-20(29)10-12-28(25,5)24(21)11-13-27(22,23)4/h15,18-20,22-25,29H,1,6-14,16H2,2-5H3,(H,31,32,33)/p-1/t18-,19?,20-,22-,23?,24?,25+,27-,28-/m1/s1. The quantitative estimate of drug-likeness (QED) is 0.208. The van der Waals surface area contributed by atoms with Gasteiger partial charge in [0.2, 0.25) is 10.4 Å². The molecule has 0 spiro atoms. The molecule has 1 N–H and O–H groups in total. The first-order chi connectivity index (χ1) is 16.7. The first-order valence-electron chi connectivity index (χ1n) is 13.6. The van der Waals surface area contributed by atoms with Crippen molar-refractivity contribution in [2.75, 3.05) is 6.61 Å². The van der Waals surface area contributed by atoms with Crippen LogP contribution in [0.15, 0.2) is 23.8 Å². The molecule has 0 aromatic carbocycles. The van der Waals surface area contributed by atoms with Crippen molar-refractivity contribution < 1.29 is 31.8 Å². The molecule has 0 saturated heterocycles. The lowest BCUT2D eigenvalue weighted by Gasteiger charge is -2.53. The van der Waals surface area contributed by atoms with Crippen molar-refractivity contribution in [3.63, 3.8) is 0 Å². The number of aliphatic hydroxyl groups excluding tert-OH is 1. The third-order valence-corrected chi connectivity index (χ3v) is 11.0. The number of hydrogen-bond donors (Lipinski definition) is 1. The van der Waals surface area contributed by atoms with Crippen LogP contribution in [0, 0.1) is 40.4 Å². The molecule has 4 aliphatic rings. The van der Waals surface area contributed by atoms with Crippen molar-refractivity contribution in [3.8, 4) is 0 Å². The molecule has 8 heteroatoms. The third kappa shape index (κ3) is 5.33. The van der Waals surface area contributed by atoms with Crippen LogP contribution in [0.4, 0.5) is 0 Å². The van der Waals surface area contributed by atoms with Gasteiger partial charge in [0, 0.05) is 23.8 Å². The second kappa shape index (κ2) is 10.2. The Labute approximate surface area is 216 Å². The summed E-state index contributed by atoms with van der Waals surface area (Å²) in [5.41, 5.74) is 2.20. The Balaban J connectivity index is 1.44. The van der Waals surface area contributed by atoms with Crippen LogP contribution in [0.3, 0.4) is 0 Å². The molecular formula is C28H43O7S-. The highest BCUT2D eigenvalue weighted by molar-refractivity contribution is 7.80. The van der Waals surface area contributed by atoms with Gasteiger partial charge in [-0.1, -0.05) is 45.4 Å². The summed E-state index contributed by atoms with van der Waals surface area (Å²) < 4.78 is 42.6. The highest BCUT2D eigenvalue weighted by Gasteiger charge is 2.58. The maximum atomic E-state index is 12.8. The Hall–Kier alpha value is -1.22. The third-order valence-electron chi connectivity index (χ3n) is 10.5. The van der Waals surface area contributed by atoms with Gasteiger partial charge in [0.25, 0.3) is 0 Å². The Morgan fingerprint density at radius 3 is 2.56 bits per heavy atom. The molecular weight excluding hydrogens is 480 g/mol. The Morgan fingerprint density at radius 1 is 1.19 bits per heavy atom. The Bertz CT molecular complexity index is 1000. The average molecular weight is 524 g/mol. The lowest BCUT2D eigenvalue weighted by Crippen LogP contribution is -2.50. The van der Waals surface area contributed by atoms with Gasteiger partial charge >= 0.3 is 5.97 Å². The molecule has 1 heterocycles. The van der Waals surface area contributed by atoms with Gasteiger partial charge in [0.05, 0.1) is 12.7 Å². The monoisotopic (exact) mass is 523 g/mol. The second-order valence-electron chi connectivity index (χ2n) is 12.6. The second-order valence-corrected chi connectivity index (χ2v) is 13.7. The summed E-state index contributed by atoms with van der Waals surface area (Å²) >= 11 is 0. The van der Waals surface area contributed by atoms with Crippen LogP contribution in [-0.2, 0) is 24.1 Å². The van der Waals surface area contributed by atoms with E-state index in [1.54, 1.807) is 0 Å². The lowest BCUT2D eigenvalue weighted by molar-refractivity contribution is -0.159. The molecule has 3 saturated carbocycles.